The third kappa shape index (κ3) is 5.21. The van der Waals surface area contributed by atoms with Crippen LogP contribution in [0.4, 0.5) is 0 Å². The van der Waals surface area contributed by atoms with E-state index in [1.54, 1.807) is 0 Å². The summed E-state index contributed by atoms with van der Waals surface area (Å²) in [4.78, 5) is 16.0. The number of carbonyl (C=O) groups excluding carboxylic acids is 1. The molecule has 2 aromatic rings. The van der Waals surface area contributed by atoms with Gasteiger partial charge in [-0.1, -0.05) is 41.7 Å². The summed E-state index contributed by atoms with van der Waals surface area (Å²) in [5.41, 5.74) is 0.994. The van der Waals surface area contributed by atoms with Gasteiger partial charge in [0.2, 0.25) is 0 Å². The second kappa shape index (κ2) is 9.48. The van der Waals surface area contributed by atoms with Gasteiger partial charge in [-0.15, -0.1) is 10.2 Å². The van der Waals surface area contributed by atoms with Crippen LogP contribution in [-0.4, -0.2) is 46.3 Å². The number of nitrogens with zero attached hydrogens (tertiary/aromatic N) is 4. The Labute approximate surface area is 143 Å². The van der Waals surface area contributed by atoms with Crippen LogP contribution in [0.2, 0.25) is 0 Å². The number of nitrogens with two attached hydrogens (primary N) is 1. The van der Waals surface area contributed by atoms with E-state index in [1.165, 1.54) is 17.6 Å². The van der Waals surface area contributed by atoms with E-state index in [4.69, 9.17) is 10.9 Å². The molecule has 9 heteroatoms. The van der Waals surface area contributed by atoms with Crippen LogP contribution in [0.15, 0.2) is 40.4 Å². The SMILES string of the molecule is N/N=C(\C=NCCCO)C(=O)NCc1nnc(-c2ccccc2)s1. The fourth-order valence-corrected chi connectivity index (χ4v) is 2.52. The number of hydrogen-bond acceptors (Lipinski definition) is 8. The summed E-state index contributed by atoms with van der Waals surface area (Å²) in [5.74, 6) is 4.76. The maximum atomic E-state index is 12.0. The molecule has 1 heterocycles. The van der Waals surface area contributed by atoms with E-state index in [2.05, 4.69) is 25.6 Å². The number of nitrogens with one attached hydrogen (secondary N) is 1. The number of hydrogen-bond donors (Lipinski definition) is 3. The van der Waals surface area contributed by atoms with Gasteiger partial charge < -0.3 is 16.3 Å². The number of amides is 1. The largest absolute Gasteiger partial charge is 0.396 e. The van der Waals surface area contributed by atoms with Crippen molar-refractivity contribution in [2.24, 2.45) is 15.9 Å². The molecule has 0 aliphatic rings. The number of aliphatic hydroxyl groups excluding tert-OH is 1. The van der Waals surface area contributed by atoms with E-state index in [1.807, 2.05) is 30.3 Å². The van der Waals surface area contributed by atoms with Crippen molar-refractivity contribution < 1.29 is 9.90 Å². The van der Waals surface area contributed by atoms with E-state index in [0.717, 1.165) is 10.6 Å². The van der Waals surface area contributed by atoms with Gasteiger partial charge in [-0.05, 0) is 6.42 Å². The third-order valence-electron chi connectivity index (χ3n) is 2.92. The lowest BCUT2D eigenvalue weighted by Crippen LogP contribution is -2.32. The highest BCUT2D eigenvalue weighted by atomic mass is 32.1. The molecular weight excluding hydrogens is 328 g/mol. The quantitative estimate of drug-likeness (QED) is 0.279. The Morgan fingerprint density at radius 1 is 1.33 bits per heavy atom. The fourth-order valence-electron chi connectivity index (χ4n) is 1.73. The van der Waals surface area contributed by atoms with E-state index in [-0.39, 0.29) is 18.9 Å². The summed E-state index contributed by atoms with van der Waals surface area (Å²) in [6, 6.07) is 9.69. The van der Waals surface area contributed by atoms with Crippen molar-refractivity contribution in [1.82, 2.24) is 15.5 Å². The number of rotatable bonds is 8. The standard InChI is InChI=1S/C15H18N6O2S/c16-19-12(9-17-7-4-8-22)14(23)18-10-13-20-21-15(24-13)11-5-2-1-3-6-11/h1-3,5-6,9,22H,4,7-8,10,16H2,(H,18,23)/b17-9?,19-12+. The molecule has 0 bridgehead atoms. The maximum Gasteiger partial charge on any atom is 0.273 e. The van der Waals surface area contributed by atoms with Gasteiger partial charge in [0, 0.05) is 18.7 Å². The molecule has 1 aromatic heterocycles. The van der Waals surface area contributed by atoms with Gasteiger partial charge in [-0.25, -0.2) is 0 Å². The zero-order valence-corrected chi connectivity index (χ0v) is 13.7. The molecule has 0 saturated heterocycles. The van der Waals surface area contributed by atoms with Gasteiger partial charge in [-0.2, -0.15) is 5.10 Å². The summed E-state index contributed by atoms with van der Waals surface area (Å²) < 4.78 is 0. The Kier molecular flexibility index (Phi) is 6.99. The molecule has 24 heavy (non-hydrogen) atoms. The van der Waals surface area contributed by atoms with Crippen molar-refractivity contribution in [3.05, 3.63) is 35.3 Å². The predicted octanol–water partition coefficient (Wildman–Crippen LogP) is 0.589. The summed E-state index contributed by atoms with van der Waals surface area (Å²) in [6.45, 7) is 0.673. The molecule has 0 saturated carbocycles. The summed E-state index contributed by atoms with van der Waals surface area (Å²) >= 11 is 1.40. The van der Waals surface area contributed by atoms with Crippen molar-refractivity contribution in [2.75, 3.05) is 13.2 Å². The number of aliphatic hydroxyl groups is 1. The molecule has 0 aliphatic carbocycles. The van der Waals surface area contributed by atoms with Gasteiger partial charge in [-0.3, -0.25) is 9.79 Å². The Morgan fingerprint density at radius 2 is 2.12 bits per heavy atom. The molecule has 0 unspecified atom stereocenters. The van der Waals surface area contributed by atoms with Crippen LogP contribution in [0.5, 0.6) is 0 Å². The molecule has 0 radical (unpaired) electrons. The molecule has 1 aromatic carbocycles. The molecule has 126 valence electrons. The first kappa shape index (κ1) is 17.7. The summed E-state index contributed by atoms with van der Waals surface area (Å²) in [6.07, 6.45) is 1.81. The molecule has 0 spiro atoms. The zero-order valence-electron chi connectivity index (χ0n) is 12.9. The smallest absolute Gasteiger partial charge is 0.273 e. The second-order valence-corrected chi connectivity index (χ2v) is 5.74. The topological polar surface area (TPSA) is 126 Å². The van der Waals surface area contributed by atoms with Crippen molar-refractivity contribution >= 4 is 29.2 Å². The molecule has 0 atom stereocenters. The minimum absolute atomic E-state index is 0.0146. The van der Waals surface area contributed by atoms with Gasteiger partial charge in [0.15, 0.2) is 5.71 Å². The number of aliphatic imine (C=N–C) groups is 1. The van der Waals surface area contributed by atoms with Crippen LogP contribution >= 0.6 is 11.3 Å². The first-order valence-corrected chi connectivity index (χ1v) is 8.11. The van der Waals surface area contributed by atoms with Gasteiger partial charge >= 0.3 is 0 Å². The minimum atomic E-state index is -0.443. The van der Waals surface area contributed by atoms with Crippen molar-refractivity contribution in [1.29, 1.82) is 0 Å². The van der Waals surface area contributed by atoms with E-state index >= 15 is 0 Å². The number of aromatic nitrogens is 2. The Morgan fingerprint density at radius 3 is 2.83 bits per heavy atom. The third-order valence-corrected chi connectivity index (χ3v) is 3.89. The van der Waals surface area contributed by atoms with Crippen molar-refractivity contribution in [2.45, 2.75) is 13.0 Å². The Hall–Kier alpha value is -2.65. The highest BCUT2D eigenvalue weighted by molar-refractivity contribution is 7.14. The first-order chi connectivity index (χ1) is 11.7. The number of carbonyl (C=O) groups is 1. The average molecular weight is 346 g/mol. The number of benzene rings is 1. The van der Waals surface area contributed by atoms with Gasteiger partial charge in [0.25, 0.3) is 5.91 Å². The lowest BCUT2D eigenvalue weighted by Gasteiger charge is -2.01. The molecule has 4 N–H and O–H groups in total. The fraction of sp³-hybridized carbons (Fsp3) is 0.267. The monoisotopic (exact) mass is 346 g/mol. The predicted molar refractivity (Wildman–Crippen MR) is 93.9 cm³/mol. The number of hydrazone groups is 1. The molecule has 0 aliphatic heterocycles. The Balaban J connectivity index is 1.89. The summed E-state index contributed by atoms with van der Waals surface area (Å²) in [5, 5.41) is 24.4. The molecule has 1 amide bonds. The first-order valence-electron chi connectivity index (χ1n) is 7.29. The lowest BCUT2D eigenvalue weighted by atomic mass is 10.2. The maximum absolute atomic E-state index is 12.0. The van der Waals surface area contributed by atoms with Crippen LogP contribution in [0, 0.1) is 0 Å². The zero-order chi connectivity index (χ0) is 17.2. The Bertz CT molecular complexity index is 714. The van der Waals surface area contributed by atoms with Crippen LogP contribution in [0.1, 0.15) is 11.4 Å². The summed E-state index contributed by atoms with van der Waals surface area (Å²) in [7, 11) is 0. The van der Waals surface area contributed by atoms with Crippen LogP contribution < -0.4 is 11.2 Å². The molecular formula is C15H18N6O2S. The minimum Gasteiger partial charge on any atom is -0.396 e. The van der Waals surface area contributed by atoms with Crippen molar-refractivity contribution in [3.8, 4) is 10.6 Å². The van der Waals surface area contributed by atoms with Gasteiger partial charge in [0.05, 0.1) is 12.8 Å². The molecule has 2 rings (SSSR count). The van der Waals surface area contributed by atoms with E-state index in [0.29, 0.717) is 18.0 Å². The highest BCUT2D eigenvalue weighted by Gasteiger charge is 2.11. The van der Waals surface area contributed by atoms with Crippen molar-refractivity contribution in [3.63, 3.8) is 0 Å². The molecule has 8 nitrogen and oxygen atoms in total. The lowest BCUT2D eigenvalue weighted by molar-refractivity contribution is -0.114. The van der Waals surface area contributed by atoms with E-state index < -0.39 is 5.91 Å². The second-order valence-electron chi connectivity index (χ2n) is 4.68. The van der Waals surface area contributed by atoms with Crippen LogP contribution in [-0.2, 0) is 11.3 Å². The highest BCUT2D eigenvalue weighted by Crippen LogP contribution is 2.22. The average Bonchev–Trinajstić information content (AvgIpc) is 3.10. The van der Waals surface area contributed by atoms with Crippen LogP contribution in [0.3, 0.4) is 0 Å². The normalized spacial score (nSPS) is 11.8. The van der Waals surface area contributed by atoms with Gasteiger partial charge in [0.1, 0.15) is 10.0 Å². The van der Waals surface area contributed by atoms with Crippen LogP contribution in [0.25, 0.3) is 10.6 Å². The molecule has 0 fully saturated rings. The van der Waals surface area contributed by atoms with E-state index in [9.17, 15) is 4.79 Å².